The maximum Gasteiger partial charge on any atom is -0.00791 e. The van der Waals surface area contributed by atoms with Crippen LogP contribution in [0.3, 0.4) is 0 Å². The van der Waals surface area contributed by atoms with E-state index in [0.29, 0.717) is 5.92 Å². The predicted octanol–water partition coefficient (Wildman–Crippen LogP) is 5.82. The average molecular weight is 393 g/mol. The van der Waals surface area contributed by atoms with Crippen LogP contribution in [0.5, 0.6) is 0 Å². The molecular formula is C30H32. The molecule has 3 aromatic carbocycles. The van der Waals surface area contributed by atoms with Crippen molar-refractivity contribution in [3.8, 4) is 0 Å². The van der Waals surface area contributed by atoms with Crippen molar-refractivity contribution >= 4 is 11.6 Å². The summed E-state index contributed by atoms with van der Waals surface area (Å²) in [5, 5.41) is 5.77. The molecule has 0 radical (unpaired) electrons. The van der Waals surface area contributed by atoms with E-state index in [0.717, 1.165) is 12.3 Å². The minimum Gasteiger partial charge on any atom is -0.0722 e. The zero-order chi connectivity index (χ0) is 20.7. The van der Waals surface area contributed by atoms with Gasteiger partial charge in [-0.1, -0.05) is 87.0 Å². The Bertz CT molecular complexity index is 1310. The van der Waals surface area contributed by atoms with Crippen LogP contribution in [0.15, 0.2) is 60.7 Å². The van der Waals surface area contributed by atoms with Gasteiger partial charge in [0.1, 0.15) is 0 Å². The highest BCUT2D eigenvalue weighted by Gasteiger charge is 2.25. The van der Waals surface area contributed by atoms with Crippen LogP contribution in [0.25, 0.3) is 11.6 Å². The third-order valence-electron chi connectivity index (χ3n) is 7.18. The Kier molecular flexibility index (Phi) is 5.11. The van der Waals surface area contributed by atoms with Crippen LogP contribution in [0.2, 0.25) is 0 Å². The Morgan fingerprint density at radius 3 is 2.43 bits per heavy atom. The molecule has 0 fully saturated rings. The monoisotopic (exact) mass is 392 g/mol. The second-order valence-electron chi connectivity index (χ2n) is 9.55. The van der Waals surface area contributed by atoms with Crippen LogP contribution in [0, 0.1) is 29.2 Å². The van der Waals surface area contributed by atoms with Gasteiger partial charge in [-0.15, -0.1) is 0 Å². The molecule has 0 spiro atoms. The standard InChI is InChI=1S/C30H32/c1-20(2)12-13-23-15-17-28-27-16-14-22-9-5-7-11-25(22)26(27)18-19-29(28)30(23)24-10-6-4-8-21(24)3/h4-11,14,18-20,23H,12-13,15-17H2,1-3H3. The Morgan fingerprint density at radius 1 is 0.833 bits per heavy atom. The lowest BCUT2D eigenvalue weighted by molar-refractivity contribution is 0.462. The van der Waals surface area contributed by atoms with Crippen molar-refractivity contribution < 1.29 is 0 Å². The number of hydrogen-bond acceptors (Lipinski definition) is 0. The molecule has 0 aliphatic heterocycles. The van der Waals surface area contributed by atoms with E-state index in [1.165, 1.54) is 57.7 Å². The minimum absolute atomic E-state index is 0.666. The molecule has 0 nitrogen and oxygen atoms in total. The molecule has 0 heteroatoms. The third-order valence-corrected chi connectivity index (χ3v) is 7.18. The van der Waals surface area contributed by atoms with Crippen LogP contribution >= 0.6 is 0 Å². The topological polar surface area (TPSA) is 0 Å². The summed E-state index contributed by atoms with van der Waals surface area (Å²) in [6, 6.07) is 22.7. The summed E-state index contributed by atoms with van der Waals surface area (Å²) in [6.45, 7) is 6.99. The van der Waals surface area contributed by atoms with Gasteiger partial charge in [-0.25, -0.2) is 0 Å². The molecule has 0 saturated carbocycles. The fourth-order valence-electron chi connectivity index (χ4n) is 5.59. The van der Waals surface area contributed by atoms with Crippen LogP contribution < -0.4 is 10.4 Å². The summed E-state index contributed by atoms with van der Waals surface area (Å²) in [6.07, 6.45) is 8.59. The molecule has 0 saturated heterocycles. The van der Waals surface area contributed by atoms with Gasteiger partial charge in [-0.05, 0) is 93.1 Å². The number of fused-ring (bicyclic) bond motifs is 4. The highest BCUT2D eigenvalue weighted by molar-refractivity contribution is 5.72. The fourth-order valence-corrected chi connectivity index (χ4v) is 5.59. The summed E-state index contributed by atoms with van der Waals surface area (Å²) < 4.78 is 0. The van der Waals surface area contributed by atoms with Crippen LogP contribution in [0.4, 0.5) is 0 Å². The lowest BCUT2D eigenvalue weighted by atomic mass is 9.75. The van der Waals surface area contributed by atoms with Gasteiger partial charge in [-0.3, -0.25) is 0 Å². The maximum absolute atomic E-state index is 2.44. The Hall–Kier alpha value is -2.60. The molecule has 0 N–H and O–H groups in total. The SMILES string of the molecule is Cc1ccccc1C1=c2ccc3c(c2CCC1CCC(C)C)CC=c1ccccc1=3. The molecule has 0 aromatic heterocycles. The molecule has 30 heavy (non-hydrogen) atoms. The summed E-state index contributed by atoms with van der Waals surface area (Å²) in [5.74, 6) is 1.43. The normalized spacial score (nSPS) is 17.2. The summed E-state index contributed by atoms with van der Waals surface area (Å²) in [5.41, 5.74) is 7.66. The molecule has 2 aliphatic rings. The lowest BCUT2D eigenvalue weighted by Crippen LogP contribution is -2.28. The van der Waals surface area contributed by atoms with Gasteiger partial charge in [0.15, 0.2) is 0 Å². The molecule has 0 heterocycles. The summed E-state index contributed by atoms with van der Waals surface area (Å²) >= 11 is 0. The first-order chi connectivity index (χ1) is 14.6. The predicted molar refractivity (Wildman–Crippen MR) is 128 cm³/mol. The van der Waals surface area contributed by atoms with Gasteiger partial charge in [0.25, 0.3) is 0 Å². The molecule has 0 amide bonds. The summed E-state index contributed by atoms with van der Waals surface area (Å²) in [4.78, 5) is 0. The number of hydrogen-bond donors (Lipinski definition) is 0. The van der Waals surface area contributed by atoms with E-state index in [2.05, 4.69) is 87.5 Å². The van der Waals surface area contributed by atoms with Crippen molar-refractivity contribution in [2.24, 2.45) is 11.8 Å². The Labute approximate surface area is 180 Å². The zero-order valence-corrected chi connectivity index (χ0v) is 18.5. The van der Waals surface area contributed by atoms with Crippen molar-refractivity contribution in [1.82, 2.24) is 0 Å². The number of rotatable bonds is 4. The molecule has 1 unspecified atom stereocenters. The first kappa shape index (κ1) is 19.4. The quantitative estimate of drug-likeness (QED) is 0.525. The van der Waals surface area contributed by atoms with Crippen LogP contribution in [0.1, 0.15) is 55.4 Å². The molecule has 0 bridgehead atoms. The Morgan fingerprint density at radius 2 is 1.60 bits per heavy atom. The van der Waals surface area contributed by atoms with Crippen molar-refractivity contribution in [2.75, 3.05) is 0 Å². The van der Waals surface area contributed by atoms with Crippen molar-refractivity contribution in [3.63, 3.8) is 0 Å². The average Bonchev–Trinajstić information content (AvgIpc) is 2.77. The van der Waals surface area contributed by atoms with Gasteiger partial charge in [0, 0.05) is 0 Å². The molecular weight excluding hydrogens is 360 g/mol. The highest BCUT2D eigenvalue weighted by atomic mass is 14.3. The van der Waals surface area contributed by atoms with Gasteiger partial charge in [-0.2, -0.15) is 0 Å². The number of aryl methyl sites for hydroxylation is 1. The summed E-state index contributed by atoms with van der Waals surface area (Å²) in [7, 11) is 0. The molecule has 2 aliphatic carbocycles. The smallest absolute Gasteiger partial charge is 0.00791 e. The van der Waals surface area contributed by atoms with Crippen LogP contribution in [-0.2, 0) is 12.8 Å². The van der Waals surface area contributed by atoms with E-state index in [-0.39, 0.29) is 0 Å². The largest absolute Gasteiger partial charge is 0.0722 e. The van der Waals surface area contributed by atoms with E-state index in [1.807, 2.05) is 0 Å². The van der Waals surface area contributed by atoms with E-state index >= 15 is 0 Å². The van der Waals surface area contributed by atoms with Crippen molar-refractivity contribution in [3.05, 3.63) is 104 Å². The van der Waals surface area contributed by atoms with Gasteiger partial charge in [0.05, 0.1) is 0 Å². The first-order valence-corrected chi connectivity index (χ1v) is 11.6. The Balaban J connectivity index is 1.81. The van der Waals surface area contributed by atoms with Gasteiger partial charge < -0.3 is 0 Å². The maximum atomic E-state index is 2.44. The van der Waals surface area contributed by atoms with Gasteiger partial charge >= 0.3 is 0 Å². The zero-order valence-electron chi connectivity index (χ0n) is 18.5. The lowest BCUT2D eigenvalue weighted by Gasteiger charge is -2.29. The second kappa shape index (κ2) is 7.91. The molecule has 152 valence electrons. The van der Waals surface area contributed by atoms with Crippen LogP contribution in [-0.4, -0.2) is 0 Å². The van der Waals surface area contributed by atoms with Gasteiger partial charge in [0.2, 0.25) is 0 Å². The fraction of sp³-hybridized carbons (Fsp3) is 0.333. The minimum atomic E-state index is 0.666. The molecule has 1 atom stereocenters. The molecule has 3 aromatic rings. The van der Waals surface area contributed by atoms with E-state index in [9.17, 15) is 0 Å². The van der Waals surface area contributed by atoms with E-state index in [1.54, 1.807) is 16.7 Å². The second-order valence-corrected chi connectivity index (χ2v) is 9.55. The first-order valence-electron chi connectivity index (χ1n) is 11.6. The number of benzene rings is 3. The van der Waals surface area contributed by atoms with Crippen molar-refractivity contribution in [1.29, 1.82) is 0 Å². The third kappa shape index (κ3) is 3.33. The molecule has 5 rings (SSSR count). The van der Waals surface area contributed by atoms with E-state index in [4.69, 9.17) is 0 Å². The highest BCUT2D eigenvalue weighted by Crippen LogP contribution is 2.35. The van der Waals surface area contributed by atoms with Crippen molar-refractivity contribution in [2.45, 2.75) is 52.9 Å². The van der Waals surface area contributed by atoms with E-state index < -0.39 is 0 Å².